The topological polar surface area (TPSA) is 67.9 Å². The Labute approximate surface area is 185 Å². The van der Waals surface area contributed by atoms with E-state index in [2.05, 4.69) is 5.32 Å². The van der Waals surface area contributed by atoms with Crippen molar-refractivity contribution in [1.29, 1.82) is 0 Å². The highest BCUT2D eigenvalue weighted by Crippen LogP contribution is 2.17. The minimum absolute atomic E-state index is 0.0447. The Morgan fingerprint density at radius 3 is 2.13 bits per heavy atom. The molecule has 0 radical (unpaired) electrons. The van der Waals surface area contributed by atoms with Crippen LogP contribution in [0.3, 0.4) is 0 Å². The summed E-state index contributed by atoms with van der Waals surface area (Å²) < 4.78 is 10.9. The number of rotatable bonds is 11. The molecule has 0 aromatic heterocycles. The normalized spacial score (nSPS) is 12.5. The van der Waals surface area contributed by atoms with Gasteiger partial charge in [-0.15, -0.1) is 0 Å². The highest BCUT2D eigenvalue weighted by Gasteiger charge is 2.29. The SMILES string of the molecule is CCC(C)NC(=O)C(CC)N(Cc1ccc(OC)cc1)C(=O)COc1ccc(C)cc1. The van der Waals surface area contributed by atoms with E-state index in [0.717, 1.165) is 23.3 Å². The molecule has 31 heavy (non-hydrogen) atoms. The third-order valence-electron chi connectivity index (χ3n) is 5.28. The first kappa shape index (κ1) is 24.3. The van der Waals surface area contributed by atoms with Gasteiger partial charge in [0.15, 0.2) is 6.61 Å². The van der Waals surface area contributed by atoms with Gasteiger partial charge in [-0.2, -0.15) is 0 Å². The Hall–Kier alpha value is -3.02. The predicted octanol–water partition coefficient (Wildman–Crippen LogP) is 4.10. The second-order valence-corrected chi connectivity index (χ2v) is 7.71. The number of methoxy groups -OCH3 is 1. The maximum absolute atomic E-state index is 13.2. The summed E-state index contributed by atoms with van der Waals surface area (Å²) in [6.45, 7) is 8.06. The van der Waals surface area contributed by atoms with E-state index in [1.54, 1.807) is 12.0 Å². The number of benzene rings is 2. The van der Waals surface area contributed by atoms with Gasteiger partial charge in [-0.3, -0.25) is 9.59 Å². The van der Waals surface area contributed by atoms with Crippen LogP contribution in [0.1, 0.15) is 44.7 Å². The Kier molecular flexibility index (Phi) is 9.38. The van der Waals surface area contributed by atoms with E-state index in [1.807, 2.05) is 76.2 Å². The zero-order chi connectivity index (χ0) is 22.8. The summed E-state index contributed by atoms with van der Waals surface area (Å²) in [7, 11) is 1.61. The molecule has 6 heteroatoms. The van der Waals surface area contributed by atoms with Crippen LogP contribution < -0.4 is 14.8 Å². The molecular weight excluding hydrogens is 392 g/mol. The molecule has 2 atom stereocenters. The average Bonchev–Trinajstić information content (AvgIpc) is 2.78. The number of carbonyl (C=O) groups is 2. The van der Waals surface area contributed by atoms with Gasteiger partial charge in [-0.05, 0) is 56.5 Å². The average molecular weight is 427 g/mol. The smallest absolute Gasteiger partial charge is 0.261 e. The Bertz CT molecular complexity index is 834. The molecule has 0 heterocycles. The van der Waals surface area contributed by atoms with Gasteiger partial charge < -0.3 is 19.7 Å². The van der Waals surface area contributed by atoms with Gasteiger partial charge in [0.2, 0.25) is 5.91 Å². The van der Waals surface area contributed by atoms with Gasteiger partial charge in [0, 0.05) is 12.6 Å². The van der Waals surface area contributed by atoms with Crippen LogP contribution in [0.15, 0.2) is 48.5 Å². The van der Waals surface area contributed by atoms with Crippen molar-refractivity contribution < 1.29 is 19.1 Å². The van der Waals surface area contributed by atoms with Crippen LogP contribution in [0.5, 0.6) is 11.5 Å². The fourth-order valence-corrected chi connectivity index (χ4v) is 3.15. The van der Waals surface area contributed by atoms with E-state index in [9.17, 15) is 9.59 Å². The molecule has 168 valence electrons. The summed E-state index contributed by atoms with van der Waals surface area (Å²) in [4.78, 5) is 27.7. The molecule has 0 fully saturated rings. The van der Waals surface area contributed by atoms with Crippen LogP contribution >= 0.6 is 0 Å². The number of nitrogens with one attached hydrogen (secondary N) is 1. The van der Waals surface area contributed by atoms with Crippen molar-refractivity contribution in [3.63, 3.8) is 0 Å². The first-order valence-electron chi connectivity index (χ1n) is 10.8. The van der Waals surface area contributed by atoms with Gasteiger partial charge >= 0.3 is 0 Å². The van der Waals surface area contributed by atoms with Crippen molar-refractivity contribution in [3.05, 3.63) is 59.7 Å². The highest BCUT2D eigenvalue weighted by atomic mass is 16.5. The van der Waals surface area contributed by atoms with Crippen LogP contribution in [0.25, 0.3) is 0 Å². The number of ether oxygens (including phenoxy) is 2. The molecule has 0 aliphatic heterocycles. The lowest BCUT2D eigenvalue weighted by Gasteiger charge is -2.31. The fraction of sp³-hybridized carbons (Fsp3) is 0.440. The minimum atomic E-state index is -0.579. The molecule has 2 aromatic rings. The monoisotopic (exact) mass is 426 g/mol. The largest absolute Gasteiger partial charge is 0.497 e. The van der Waals surface area contributed by atoms with Crippen LogP contribution in [0.4, 0.5) is 0 Å². The van der Waals surface area contributed by atoms with Gasteiger partial charge in [0.1, 0.15) is 17.5 Å². The van der Waals surface area contributed by atoms with E-state index >= 15 is 0 Å². The third-order valence-corrected chi connectivity index (χ3v) is 5.28. The predicted molar refractivity (Wildman–Crippen MR) is 122 cm³/mol. The molecule has 0 aliphatic rings. The number of hydrogen-bond donors (Lipinski definition) is 1. The van der Waals surface area contributed by atoms with Crippen molar-refractivity contribution >= 4 is 11.8 Å². The number of hydrogen-bond acceptors (Lipinski definition) is 4. The van der Waals surface area contributed by atoms with Crippen molar-refractivity contribution in [2.75, 3.05) is 13.7 Å². The summed E-state index contributed by atoms with van der Waals surface area (Å²) in [5.41, 5.74) is 2.03. The first-order chi connectivity index (χ1) is 14.9. The van der Waals surface area contributed by atoms with Gasteiger partial charge in [-0.25, -0.2) is 0 Å². The number of carbonyl (C=O) groups excluding carboxylic acids is 2. The van der Waals surface area contributed by atoms with E-state index in [0.29, 0.717) is 18.7 Å². The first-order valence-corrected chi connectivity index (χ1v) is 10.8. The number of amides is 2. The molecule has 0 bridgehead atoms. The van der Waals surface area contributed by atoms with E-state index < -0.39 is 6.04 Å². The Balaban J connectivity index is 2.20. The molecule has 0 aliphatic carbocycles. The highest BCUT2D eigenvalue weighted by molar-refractivity contribution is 5.88. The molecule has 2 rings (SSSR count). The zero-order valence-corrected chi connectivity index (χ0v) is 19.2. The van der Waals surface area contributed by atoms with Gasteiger partial charge in [0.05, 0.1) is 7.11 Å². The van der Waals surface area contributed by atoms with Crippen molar-refractivity contribution in [2.24, 2.45) is 0 Å². The summed E-state index contributed by atoms with van der Waals surface area (Å²) in [5, 5.41) is 3.01. The summed E-state index contributed by atoms with van der Waals surface area (Å²) in [6.07, 6.45) is 1.33. The lowest BCUT2D eigenvalue weighted by Crippen LogP contribution is -2.51. The standard InChI is InChI=1S/C25H34N2O4/c1-6-19(4)26-25(29)23(7-2)27(16-20-10-14-21(30-5)15-11-20)24(28)17-31-22-12-8-18(3)9-13-22/h8-15,19,23H,6-7,16-17H2,1-5H3,(H,26,29). The second-order valence-electron chi connectivity index (χ2n) is 7.71. The van der Waals surface area contributed by atoms with Crippen molar-refractivity contribution in [3.8, 4) is 11.5 Å². The van der Waals surface area contributed by atoms with Crippen molar-refractivity contribution in [2.45, 2.75) is 59.2 Å². The van der Waals surface area contributed by atoms with Crippen LogP contribution in [0, 0.1) is 6.92 Å². The van der Waals surface area contributed by atoms with Crippen LogP contribution in [0.2, 0.25) is 0 Å². The van der Waals surface area contributed by atoms with Gasteiger partial charge in [0.25, 0.3) is 5.91 Å². The fourth-order valence-electron chi connectivity index (χ4n) is 3.15. The summed E-state index contributed by atoms with van der Waals surface area (Å²) >= 11 is 0. The lowest BCUT2D eigenvalue weighted by molar-refractivity contribution is -0.143. The molecular formula is C25H34N2O4. The van der Waals surface area contributed by atoms with E-state index in [4.69, 9.17) is 9.47 Å². The molecule has 2 amide bonds. The lowest BCUT2D eigenvalue weighted by atomic mass is 10.1. The maximum Gasteiger partial charge on any atom is 0.261 e. The molecule has 2 unspecified atom stereocenters. The summed E-state index contributed by atoms with van der Waals surface area (Å²) in [6, 6.07) is 14.5. The molecule has 2 aromatic carbocycles. The molecule has 0 saturated heterocycles. The Morgan fingerprint density at radius 2 is 1.58 bits per heavy atom. The minimum Gasteiger partial charge on any atom is -0.497 e. The molecule has 0 saturated carbocycles. The molecule has 1 N–H and O–H groups in total. The van der Waals surface area contributed by atoms with Crippen molar-refractivity contribution in [1.82, 2.24) is 10.2 Å². The second kappa shape index (κ2) is 12.0. The quantitative estimate of drug-likeness (QED) is 0.587. The molecule has 6 nitrogen and oxygen atoms in total. The summed E-state index contributed by atoms with van der Waals surface area (Å²) in [5.74, 6) is 0.989. The zero-order valence-electron chi connectivity index (χ0n) is 19.2. The van der Waals surface area contributed by atoms with Crippen LogP contribution in [-0.2, 0) is 16.1 Å². The maximum atomic E-state index is 13.2. The third kappa shape index (κ3) is 7.31. The Morgan fingerprint density at radius 1 is 0.968 bits per heavy atom. The molecule has 0 spiro atoms. The van der Waals surface area contributed by atoms with E-state index in [-0.39, 0.29) is 24.5 Å². The van der Waals surface area contributed by atoms with E-state index in [1.165, 1.54) is 0 Å². The number of nitrogens with zero attached hydrogens (tertiary/aromatic N) is 1. The van der Waals surface area contributed by atoms with Crippen LogP contribution in [-0.4, -0.2) is 42.5 Å². The number of aryl methyl sites for hydroxylation is 1. The van der Waals surface area contributed by atoms with Gasteiger partial charge in [-0.1, -0.05) is 43.7 Å².